The number of amides is 2. The van der Waals surface area contributed by atoms with Crippen LogP contribution in [0.25, 0.3) is 0 Å². The van der Waals surface area contributed by atoms with Gasteiger partial charge in [0.1, 0.15) is 12.1 Å². The van der Waals surface area contributed by atoms with Crippen LogP contribution in [0.3, 0.4) is 0 Å². The highest BCUT2D eigenvalue weighted by molar-refractivity contribution is 6.30. The molecule has 1 saturated heterocycles. The van der Waals surface area contributed by atoms with E-state index in [9.17, 15) is 4.79 Å². The van der Waals surface area contributed by atoms with Gasteiger partial charge in [0.05, 0.1) is 0 Å². The molecule has 2 aliphatic rings. The number of nitrogens with one attached hydrogen (secondary N) is 2. The molecule has 0 spiro atoms. The summed E-state index contributed by atoms with van der Waals surface area (Å²) >= 11 is 5.89. The molecule has 1 aromatic carbocycles. The maximum absolute atomic E-state index is 12.2. The van der Waals surface area contributed by atoms with Crippen molar-refractivity contribution >= 4 is 23.4 Å². The van der Waals surface area contributed by atoms with E-state index < -0.39 is 0 Å². The molecule has 1 aromatic heterocycles. The molecule has 0 saturated carbocycles. The average Bonchev–Trinajstić information content (AvgIpc) is 2.73. The number of piperidine rings is 1. The second-order valence-electron chi connectivity index (χ2n) is 7.54. The van der Waals surface area contributed by atoms with Crippen molar-refractivity contribution in [1.29, 1.82) is 0 Å². The molecule has 2 aromatic rings. The highest BCUT2D eigenvalue weighted by atomic mass is 35.5. The van der Waals surface area contributed by atoms with Crippen molar-refractivity contribution in [2.45, 2.75) is 51.1 Å². The molecule has 2 amide bonds. The lowest BCUT2D eigenvalue weighted by Gasteiger charge is -2.35. The Morgan fingerprint density at radius 3 is 2.64 bits per heavy atom. The van der Waals surface area contributed by atoms with Gasteiger partial charge in [-0.2, -0.15) is 0 Å². The topological polar surface area (TPSA) is 70.2 Å². The molecule has 1 aliphatic carbocycles. The Balaban J connectivity index is 1.26. The molecule has 4 rings (SSSR count). The Labute approximate surface area is 170 Å². The van der Waals surface area contributed by atoms with E-state index in [1.807, 2.05) is 24.3 Å². The highest BCUT2D eigenvalue weighted by Crippen LogP contribution is 2.28. The maximum Gasteiger partial charge on any atom is 0.315 e. The van der Waals surface area contributed by atoms with Crippen LogP contribution in [0, 0.1) is 0 Å². The Morgan fingerprint density at radius 1 is 1.11 bits per heavy atom. The van der Waals surface area contributed by atoms with Crippen molar-refractivity contribution in [3.63, 3.8) is 0 Å². The smallest absolute Gasteiger partial charge is 0.315 e. The summed E-state index contributed by atoms with van der Waals surface area (Å²) in [4.78, 5) is 23.6. The van der Waals surface area contributed by atoms with Gasteiger partial charge in [-0.05, 0) is 56.2 Å². The summed E-state index contributed by atoms with van der Waals surface area (Å²) in [7, 11) is 0. The van der Waals surface area contributed by atoms with Gasteiger partial charge in [0, 0.05) is 42.0 Å². The van der Waals surface area contributed by atoms with Gasteiger partial charge in [0.2, 0.25) is 0 Å². The summed E-state index contributed by atoms with van der Waals surface area (Å²) in [5, 5.41) is 6.72. The van der Waals surface area contributed by atoms with E-state index in [1.54, 1.807) is 6.33 Å². The number of hydrogen-bond acceptors (Lipinski definition) is 4. The molecular weight excluding hydrogens is 374 g/mol. The van der Waals surface area contributed by atoms with Crippen LogP contribution in [0.15, 0.2) is 30.6 Å². The van der Waals surface area contributed by atoms with Crippen LogP contribution in [0.2, 0.25) is 5.02 Å². The number of nitrogens with zero attached hydrogens (tertiary/aromatic N) is 3. The fourth-order valence-corrected chi connectivity index (χ4v) is 4.16. The van der Waals surface area contributed by atoms with Crippen molar-refractivity contribution in [3.05, 3.63) is 52.4 Å². The van der Waals surface area contributed by atoms with Crippen LogP contribution in [-0.4, -0.2) is 35.1 Å². The van der Waals surface area contributed by atoms with Crippen molar-refractivity contribution in [2.75, 3.05) is 18.0 Å². The van der Waals surface area contributed by atoms with Crippen LogP contribution in [0.1, 0.15) is 42.5 Å². The molecule has 0 atom stereocenters. The first-order valence-corrected chi connectivity index (χ1v) is 10.4. The van der Waals surface area contributed by atoms with Gasteiger partial charge in [0.25, 0.3) is 0 Å². The van der Waals surface area contributed by atoms with Crippen LogP contribution in [0.5, 0.6) is 0 Å². The predicted octanol–water partition coefficient (Wildman–Crippen LogP) is 3.48. The Hall–Kier alpha value is -2.34. The van der Waals surface area contributed by atoms with Crippen molar-refractivity contribution in [3.8, 4) is 0 Å². The number of fused-ring (bicyclic) bond motifs is 1. The molecule has 0 unspecified atom stereocenters. The number of aryl methyl sites for hydroxylation is 1. The molecular formula is C21H26ClN5O. The average molecular weight is 400 g/mol. The fraction of sp³-hybridized carbons (Fsp3) is 0.476. The lowest BCUT2D eigenvalue weighted by atomic mass is 9.95. The Kier molecular flexibility index (Phi) is 5.95. The fourth-order valence-electron chi connectivity index (χ4n) is 4.03. The lowest BCUT2D eigenvalue weighted by Crippen LogP contribution is -2.48. The number of benzene rings is 1. The minimum atomic E-state index is -0.118. The van der Waals surface area contributed by atoms with Gasteiger partial charge in [0.15, 0.2) is 0 Å². The van der Waals surface area contributed by atoms with Gasteiger partial charge in [-0.15, -0.1) is 0 Å². The first-order chi connectivity index (χ1) is 13.7. The zero-order valence-electron chi connectivity index (χ0n) is 16.0. The number of urea groups is 1. The zero-order chi connectivity index (χ0) is 19.3. The minimum absolute atomic E-state index is 0.118. The summed E-state index contributed by atoms with van der Waals surface area (Å²) in [6, 6.07) is 7.58. The third-order valence-corrected chi connectivity index (χ3v) is 5.85. The molecule has 1 fully saturated rings. The van der Waals surface area contributed by atoms with E-state index in [2.05, 4.69) is 25.5 Å². The molecule has 148 valence electrons. The third-order valence-electron chi connectivity index (χ3n) is 5.60. The minimum Gasteiger partial charge on any atom is -0.356 e. The molecule has 7 heteroatoms. The monoisotopic (exact) mass is 399 g/mol. The van der Waals surface area contributed by atoms with Crippen LogP contribution >= 0.6 is 11.6 Å². The number of hydrogen-bond donors (Lipinski definition) is 2. The summed E-state index contributed by atoms with van der Waals surface area (Å²) in [5.41, 5.74) is 3.59. The van der Waals surface area contributed by atoms with Crippen LogP contribution in [-0.2, 0) is 19.4 Å². The first kappa shape index (κ1) is 19.0. The SMILES string of the molecule is O=C(NCc1ccc(Cl)cc1)NC1CCN(c2ncnc3c2CCCC3)CC1. The molecule has 0 radical (unpaired) electrons. The highest BCUT2D eigenvalue weighted by Gasteiger charge is 2.25. The molecule has 0 bridgehead atoms. The number of aromatic nitrogens is 2. The van der Waals surface area contributed by atoms with Crippen LogP contribution < -0.4 is 15.5 Å². The molecule has 2 N–H and O–H groups in total. The van der Waals surface area contributed by atoms with Crippen LogP contribution in [0.4, 0.5) is 10.6 Å². The van der Waals surface area contributed by atoms with E-state index in [1.165, 1.54) is 24.1 Å². The molecule has 2 heterocycles. The van der Waals surface area contributed by atoms with Gasteiger partial charge in [-0.25, -0.2) is 14.8 Å². The van der Waals surface area contributed by atoms with E-state index in [0.717, 1.165) is 50.2 Å². The quantitative estimate of drug-likeness (QED) is 0.825. The summed E-state index contributed by atoms with van der Waals surface area (Å²) in [6.45, 7) is 2.31. The molecule has 28 heavy (non-hydrogen) atoms. The van der Waals surface area contributed by atoms with Gasteiger partial charge in [-0.3, -0.25) is 0 Å². The standard InChI is InChI=1S/C21H26ClN5O/c22-16-7-5-15(6-8-16)13-23-21(28)26-17-9-11-27(12-10-17)20-18-3-1-2-4-19(18)24-14-25-20/h5-8,14,17H,1-4,9-13H2,(H2,23,26,28). The Bertz CT molecular complexity index is 818. The van der Waals surface area contributed by atoms with Gasteiger partial charge in [-0.1, -0.05) is 23.7 Å². The number of halogens is 1. The number of anilines is 1. The third kappa shape index (κ3) is 4.55. The largest absolute Gasteiger partial charge is 0.356 e. The number of carbonyl (C=O) groups is 1. The number of rotatable bonds is 4. The molecule has 1 aliphatic heterocycles. The lowest BCUT2D eigenvalue weighted by molar-refractivity contribution is 0.234. The number of carbonyl (C=O) groups excluding carboxylic acids is 1. The molecule has 6 nitrogen and oxygen atoms in total. The van der Waals surface area contributed by atoms with Crippen molar-refractivity contribution < 1.29 is 4.79 Å². The van der Waals surface area contributed by atoms with E-state index in [4.69, 9.17) is 11.6 Å². The second-order valence-corrected chi connectivity index (χ2v) is 7.98. The van der Waals surface area contributed by atoms with Crippen molar-refractivity contribution in [2.24, 2.45) is 0 Å². The normalized spacial score (nSPS) is 17.1. The van der Waals surface area contributed by atoms with Crippen molar-refractivity contribution in [1.82, 2.24) is 20.6 Å². The predicted molar refractivity (Wildman–Crippen MR) is 111 cm³/mol. The van der Waals surface area contributed by atoms with E-state index in [0.29, 0.717) is 11.6 Å². The summed E-state index contributed by atoms with van der Waals surface area (Å²) in [5.74, 6) is 1.11. The van der Waals surface area contributed by atoms with E-state index >= 15 is 0 Å². The van der Waals surface area contributed by atoms with E-state index in [-0.39, 0.29) is 12.1 Å². The van der Waals surface area contributed by atoms with Gasteiger partial charge < -0.3 is 15.5 Å². The Morgan fingerprint density at radius 2 is 1.86 bits per heavy atom. The second kappa shape index (κ2) is 8.78. The summed E-state index contributed by atoms with van der Waals surface area (Å²) < 4.78 is 0. The summed E-state index contributed by atoms with van der Waals surface area (Å²) in [6.07, 6.45) is 8.14. The maximum atomic E-state index is 12.2. The van der Waals surface area contributed by atoms with Gasteiger partial charge >= 0.3 is 6.03 Å². The zero-order valence-corrected chi connectivity index (χ0v) is 16.7. The first-order valence-electron chi connectivity index (χ1n) is 10.1.